The van der Waals surface area contributed by atoms with Crippen LogP contribution >= 0.6 is 11.6 Å². The van der Waals surface area contributed by atoms with Crippen LogP contribution in [0.2, 0.25) is 5.02 Å². The van der Waals surface area contributed by atoms with Crippen LogP contribution in [-0.4, -0.2) is 9.97 Å². The number of hydrogen-bond acceptors (Lipinski definition) is 4. The summed E-state index contributed by atoms with van der Waals surface area (Å²) in [4.78, 5) is 9.32. The van der Waals surface area contributed by atoms with Crippen molar-refractivity contribution in [1.29, 1.82) is 0 Å². The van der Waals surface area contributed by atoms with E-state index in [1.807, 2.05) is 61.5 Å². The summed E-state index contributed by atoms with van der Waals surface area (Å²) in [5, 5.41) is 8.33. The lowest BCUT2D eigenvalue weighted by Gasteiger charge is -2.12. The van der Waals surface area contributed by atoms with Gasteiger partial charge in [-0.05, 0) is 55.8 Å². The second-order valence-electron chi connectivity index (χ2n) is 6.49. The number of aromatic nitrogens is 2. The van der Waals surface area contributed by atoms with Gasteiger partial charge >= 0.3 is 0 Å². The van der Waals surface area contributed by atoms with Crippen molar-refractivity contribution in [3.8, 4) is 0 Å². The van der Waals surface area contributed by atoms with E-state index in [1.54, 1.807) is 0 Å². The maximum absolute atomic E-state index is 6.23. The van der Waals surface area contributed by atoms with Crippen LogP contribution in [0.15, 0.2) is 66.7 Å². The Hall–Kier alpha value is -3.11. The van der Waals surface area contributed by atoms with Gasteiger partial charge in [0.1, 0.15) is 5.82 Å². The van der Waals surface area contributed by atoms with Gasteiger partial charge in [-0.1, -0.05) is 47.5 Å². The SMILES string of the molecule is Cc1ccc(Nc2nc(Nc3ccc(C)c(Cl)c3)nc3ccccc23)cc1. The average molecular weight is 375 g/mol. The van der Waals surface area contributed by atoms with E-state index >= 15 is 0 Å². The first kappa shape index (κ1) is 17.3. The molecule has 0 aliphatic heterocycles. The Kier molecular flexibility index (Phi) is 4.65. The van der Waals surface area contributed by atoms with Crippen LogP contribution in [0.1, 0.15) is 11.1 Å². The van der Waals surface area contributed by atoms with E-state index in [-0.39, 0.29) is 0 Å². The molecule has 27 heavy (non-hydrogen) atoms. The Bertz CT molecular complexity index is 1110. The number of hydrogen-bond donors (Lipinski definition) is 2. The van der Waals surface area contributed by atoms with Gasteiger partial charge in [0.25, 0.3) is 0 Å². The lowest BCUT2D eigenvalue weighted by molar-refractivity contribution is 1.21. The number of anilines is 4. The van der Waals surface area contributed by atoms with Gasteiger partial charge in [0.2, 0.25) is 5.95 Å². The average Bonchev–Trinajstić information content (AvgIpc) is 2.67. The summed E-state index contributed by atoms with van der Waals surface area (Å²) in [6.45, 7) is 4.04. The first-order valence-electron chi connectivity index (χ1n) is 8.72. The van der Waals surface area contributed by atoms with Crippen molar-refractivity contribution < 1.29 is 0 Å². The van der Waals surface area contributed by atoms with Crippen LogP contribution in [0.3, 0.4) is 0 Å². The van der Waals surface area contributed by atoms with E-state index < -0.39 is 0 Å². The van der Waals surface area contributed by atoms with E-state index in [4.69, 9.17) is 11.6 Å². The molecule has 0 saturated carbocycles. The normalized spacial score (nSPS) is 10.8. The maximum Gasteiger partial charge on any atom is 0.229 e. The summed E-state index contributed by atoms with van der Waals surface area (Å²) < 4.78 is 0. The van der Waals surface area contributed by atoms with Crippen molar-refractivity contribution in [2.45, 2.75) is 13.8 Å². The molecule has 0 fully saturated rings. The highest BCUT2D eigenvalue weighted by Gasteiger charge is 2.09. The molecule has 0 aliphatic rings. The van der Waals surface area contributed by atoms with Crippen LogP contribution in [0.4, 0.5) is 23.1 Å². The third-order valence-electron chi connectivity index (χ3n) is 4.35. The molecule has 0 unspecified atom stereocenters. The molecule has 1 heterocycles. The minimum absolute atomic E-state index is 0.517. The van der Waals surface area contributed by atoms with Crippen molar-refractivity contribution in [2.24, 2.45) is 0 Å². The summed E-state index contributed by atoms with van der Waals surface area (Å²) in [5.41, 5.74) is 4.94. The highest BCUT2D eigenvalue weighted by atomic mass is 35.5. The van der Waals surface area contributed by atoms with Crippen molar-refractivity contribution in [3.63, 3.8) is 0 Å². The summed E-state index contributed by atoms with van der Waals surface area (Å²) in [5.74, 6) is 1.27. The molecule has 0 saturated heterocycles. The summed E-state index contributed by atoms with van der Waals surface area (Å²) in [6, 6.07) is 22.0. The van der Waals surface area contributed by atoms with E-state index in [1.165, 1.54) is 5.56 Å². The van der Waals surface area contributed by atoms with E-state index in [0.717, 1.165) is 33.7 Å². The van der Waals surface area contributed by atoms with Crippen molar-refractivity contribution in [3.05, 3.63) is 82.9 Å². The molecular weight excluding hydrogens is 356 g/mol. The fraction of sp³-hybridized carbons (Fsp3) is 0.0909. The van der Waals surface area contributed by atoms with E-state index in [2.05, 4.69) is 39.7 Å². The predicted octanol–water partition coefficient (Wildman–Crippen LogP) is 6.39. The minimum Gasteiger partial charge on any atom is -0.340 e. The molecule has 0 radical (unpaired) electrons. The second kappa shape index (κ2) is 7.25. The van der Waals surface area contributed by atoms with Crippen LogP contribution in [0.25, 0.3) is 10.9 Å². The monoisotopic (exact) mass is 374 g/mol. The topological polar surface area (TPSA) is 49.8 Å². The number of para-hydroxylation sites is 1. The zero-order valence-corrected chi connectivity index (χ0v) is 15.9. The maximum atomic E-state index is 6.23. The Labute approximate surface area is 163 Å². The molecule has 0 bridgehead atoms. The summed E-state index contributed by atoms with van der Waals surface area (Å²) in [6.07, 6.45) is 0. The quantitative estimate of drug-likeness (QED) is 0.434. The number of nitrogens with zero attached hydrogens (tertiary/aromatic N) is 2. The number of benzene rings is 3. The molecule has 0 amide bonds. The van der Waals surface area contributed by atoms with E-state index in [0.29, 0.717) is 11.0 Å². The molecule has 134 valence electrons. The molecule has 4 aromatic rings. The number of halogens is 1. The molecular formula is C22H19ClN4. The number of nitrogens with one attached hydrogen (secondary N) is 2. The predicted molar refractivity (Wildman–Crippen MR) is 113 cm³/mol. The van der Waals surface area contributed by atoms with Gasteiger partial charge in [0.05, 0.1) is 5.52 Å². The van der Waals surface area contributed by atoms with Crippen LogP contribution in [-0.2, 0) is 0 Å². The van der Waals surface area contributed by atoms with Gasteiger partial charge in [-0.3, -0.25) is 0 Å². The highest BCUT2D eigenvalue weighted by molar-refractivity contribution is 6.31. The molecule has 3 aromatic carbocycles. The Morgan fingerprint density at radius 1 is 0.778 bits per heavy atom. The minimum atomic E-state index is 0.517. The van der Waals surface area contributed by atoms with Crippen LogP contribution in [0.5, 0.6) is 0 Å². The molecule has 2 N–H and O–H groups in total. The van der Waals surface area contributed by atoms with Crippen molar-refractivity contribution >= 4 is 45.6 Å². The van der Waals surface area contributed by atoms with Gasteiger partial charge in [-0.25, -0.2) is 4.98 Å². The second-order valence-corrected chi connectivity index (χ2v) is 6.90. The van der Waals surface area contributed by atoms with E-state index in [9.17, 15) is 0 Å². The molecule has 0 spiro atoms. The van der Waals surface area contributed by atoms with Crippen LogP contribution in [0, 0.1) is 13.8 Å². The third kappa shape index (κ3) is 3.86. The number of aryl methyl sites for hydroxylation is 2. The van der Waals surface area contributed by atoms with Gasteiger partial charge in [-0.15, -0.1) is 0 Å². The Balaban J connectivity index is 1.73. The zero-order chi connectivity index (χ0) is 18.8. The molecule has 0 aliphatic carbocycles. The zero-order valence-electron chi connectivity index (χ0n) is 15.1. The van der Waals surface area contributed by atoms with Gasteiger partial charge in [0.15, 0.2) is 0 Å². The lowest BCUT2D eigenvalue weighted by atomic mass is 10.2. The standard InChI is InChI=1S/C22H19ClN4/c1-14-7-10-16(11-8-14)24-21-18-5-3-4-6-20(18)26-22(27-21)25-17-12-9-15(2)19(23)13-17/h3-13H,1-2H3,(H2,24,25,26,27). The first-order valence-corrected chi connectivity index (χ1v) is 9.10. The molecule has 1 aromatic heterocycles. The largest absolute Gasteiger partial charge is 0.340 e. The van der Waals surface area contributed by atoms with Gasteiger partial charge in [0, 0.05) is 21.8 Å². The lowest BCUT2D eigenvalue weighted by Crippen LogP contribution is -2.02. The fourth-order valence-corrected chi connectivity index (χ4v) is 2.98. The number of rotatable bonds is 4. The first-order chi connectivity index (χ1) is 13.1. The smallest absolute Gasteiger partial charge is 0.229 e. The van der Waals surface area contributed by atoms with Gasteiger partial charge in [-0.2, -0.15) is 4.98 Å². The van der Waals surface area contributed by atoms with Crippen molar-refractivity contribution in [1.82, 2.24) is 9.97 Å². The molecule has 5 heteroatoms. The third-order valence-corrected chi connectivity index (χ3v) is 4.75. The fourth-order valence-electron chi connectivity index (χ4n) is 2.80. The molecule has 4 rings (SSSR count). The van der Waals surface area contributed by atoms with Crippen LogP contribution < -0.4 is 10.6 Å². The Morgan fingerprint density at radius 2 is 1.52 bits per heavy atom. The molecule has 0 atom stereocenters. The van der Waals surface area contributed by atoms with Crippen molar-refractivity contribution in [2.75, 3.05) is 10.6 Å². The Morgan fingerprint density at radius 3 is 2.30 bits per heavy atom. The summed E-state index contributed by atoms with van der Waals surface area (Å²) >= 11 is 6.23. The number of fused-ring (bicyclic) bond motifs is 1. The molecule has 4 nitrogen and oxygen atoms in total. The van der Waals surface area contributed by atoms with Gasteiger partial charge < -0.3 is 10.6 Å². The highest BCUT2D eigenvalue weighted by Crippen LogP contribution is 2.27. The summed E-state index contributed by atoms with van der Waals surface area (Å²) in [7, 11) is 0.